The number of halogens is 2. The van der Waals surface area contributed by atoms with Crippen molar-refractivity contribution in [3.8, 4) is 5.75 Å². The second-order valence-corrected chi connectivity index (χ2v) is 5.18. The second kappa shape index (κ2) is 8.84. The molecular formula is C15H15F2NO7. The fraction of sp³-hybridized carbons (Fsp3) is 0.467. The summed E-state index contributed by atoms with van der Waals surface area (Å²) in [6, 6.07) is 1.01. The van der Waals surface area contributed by atoms with Crippen LogP contribution in [0.15, 0.2) is 6.07 Å². The fourth-order valence-corrected chi connectivity index (χ4v) is 2.63. The quantitative estimate of drug-likeness (QED) is 0.444. The Bertz CT molecular complexity index is 702. The van der Waals surface area contributed by atoms with Crippen molar-refractivity contribution in [2.75, 3.05) is 20.3 Å². The van der Waals surface area contributed by atoms with Gasteiger partial charge in [0.15, 0.2) is 0 Å². The summed E-state index contributed by atoms with van der Waals surface area (Å²) in [5.74, 6) is -4.81. The Morgan fingerprint density at radius 2 is 2.08 bits per heavy atom. The first kappa shape index (κ1) is 20.2. The summed E-state index contributed by atoms with van der Waals surface area (Å²) in [5, 5.41) is 10.8. The van der Waals surface area contributed by atoms with Crippen molar-refractivity contribution in [3.05, 3.63) is 38.9 Å². The molecule has 1 aliphatic rings. The van der Waals surface area contributed by atoms with Crippen LogP contribution in [0.3, 0.4) is 0 Å². The fourth-order valence-electron chi connectivity index (χ4n) is 2.63. The highest BCUT2D eigenvalue weighted by molar-refractivity contribution is 5.73. The number of fused-ring (bicyclic) bond motifs is 1. The molecule has 0 fully saturated rings. The number of hydrogen-bond acceptors (Lipinski definition) is 7. The van der Waals surface area contributed by atoms with Crippen molar-refractivity contribution >= 4 is 12.1 Å². The lowest BCUT2D eigenvalue weighted by Gasteiger charge is -2.21. The lowest BCUT2D eigenvalue weighted by Crippen LogP contribution is -2.28. The molecule has 1 aromatic rings. The standard InChI is InChI=1S/C14H15F2NO5.CO2/c1-7(14(18)21-2)9(6-17(19)20)12-10(15)5-11-8(13(12)16)3-4-22-11;2-1-3/h5,7,9H,3-4,6H2,1-2H3;/t7?,9-;/m1./s1. The predicted octanol–water partition coefficient (Wildman–Crippen LogP) is 1.49. The molecule has 1 aromatic carbocycles. The Labute approximate surface area is 140 Å². The summed E-state index contributed by atoms with van der Waals surface area (Å²) >= 11 is 0. The van der Waals surface area contributed by atoms with Crippen molar-refractivity contribution in [2.45, 2.75) is 19.3 Å². The van der Waals surface area contributed by atoms with E-state index in [9.17, 15) is 23.7 Å². The number of ether oxygens (including phenoxy) is 2. The topological polar surface area (TPSA) is 113 Å². The molecule has 136 valence electrons. The minimum atomic E-state index is -1.26. The maximum absolute atomic E-state index is 14.6. The van der Waals surface area contributed by atoms with E-state index in [0.717, 1.165) is 13.2 Å². The zero-order chi connectivity index (χ0) is 19.1. The summed E-state index contributed by atoms with van der Waals surface area (Å²) in [5.41, 5.74) is -0.277. The van der Waals surface area contributed by atoms with Gasteiger partial charge < -0.3 is 9.47 Å². The van der Waals surface area contributed by atoms with E-state index in [4.69, 9.17) is 14.3 Å². The van der Waals surface area contributed by atoms with Crippen LogP contribution >= 0.6 is 0 Å². The molecule has 1 aliphatic heterocycles. The number of carbonyl (C=O) groups is 1. The number of rotatable bonds is 5. The number of esters is 1. The zero-order valence-corrected chi connectivity index (χ0v) is 13.4. The molecule has 25 heavy (non-hydrogen) atoms. The molecule has 10 heteroatoms. The largest absolute Gasteiger partial charge is 0.493 e. The van der Waals surface area contributed by atoms with Gasteiger partial charge in [0.25, 0.3) is 0 Å². The molecule has 0 radical (unpaired) electrons. The van der Waals surface area contributed by atoms with E-state index >= 15 is 0 Å². The van der Waals surface area contributed by atoms with Crippen LogP contribution in [0.1, 0.15) is 24.0 Å². The Balaban J connectivity index is 0.000000970. The molecule has 0 N–H and O–H groups in total. The lowest BCUT2D eigenvalue weighted by atomic mass is 9.85. The van der Waals surface area contributed by atoms with Gasteiger partial charge in [0.1, 0.15) is 17.4 Å². The molecule has 1 unspecified atom stereocenters. The first-order chi connectivity index (χ1) is 11.8. The van der Waals surface area contributed by atoms with Crippen LogP contribution in [0.2, 0.25) is 0 Å². The van der Waals surface area contributed by atoms with E-state index in [0.29, 0.717) is 0 Å². The highest BCUT2D eigenvalue weighted by Crippen LogP contribution is 2.37. The van der Waals surface area contributed by atoms with Crippen molar-refractivity contribution < 1.29 is 37.6 Å². The Kier molecular flexibility index (Phi) is 7.13. The first-order valence-electron chi connectivity index (χ1n) is 7.10. The van der Waals surface area contributed by atoms with Crippen LogP contribution < -0.4 is 4.74 Å². The first-order valence-corrected chi connectivity index (χ1v) is 7.10. The number of nitro groups is 1. The molecule has 0 aliphatic carbocycles. The molecule has 0 saturated heterocycles. The zero-order valence-electron chi connectivity index (χ0n) is 13.4. The molecule has 0 aromatic heterocycles. The van der Waals surface area contributed by atoms with Crippen LogP contribution in [0.25, 0.3) is 0 Å². The molecule has 2 rings (SSSR count). The van der Waals surface area contributed by atoms with Crippen LogP contribution in [0, 0.1) is 27.7 Å². The maximum Gasteiger partial charge on any atom is 0.373 e. The van der Waals surface area contributed by atoms with Gasteiger partial charge in [-0.05, 0) is 0 Å². The van der Waals surface area contributed by atoms with Crippen LogP contribution in [0.5, 0.6) is 5.75 Å². The second-order valence-electron chi connectivity index (χ2n) is 5.18. The van der Waals surface area contributed by atoms with E-state index in [1.165, 1.54) is 6.92 Å². The maximum atomic E-state index is 14.6. The van der Waals surface area contributed by atoms with Gasteiger partial charge in [-0.15, -0.1) is 0 Å². The smallest absolute Gasteiger partial charge is 0.373 e. The third-order valence-corrected chi connectivity index (χ3v) is 3.82. The number of benzene rings is 1. The molecular weight excluding hydrogens is 344 g/mol. The van der Waals surface area contributed by atoms with Gasteiger partial charge in [-0.3, -0.25) is 14.9 Å². The summed E-state index contributed by atoms with van der Waals surface area (Å²) in [6.45, 7) is 0.800. The number of carbonyl (C=O) groups excluding carboxylic acids is 3. The van der Waals surface area contributed by atoms with E-state index in [2.05, 4.69) is 4.74 Å². The minimum absolute atomic E-state index is 0.101. The Morgan fingerprint density at radius 3 is 2.60 bits per heavy atom. The van der Waals surface area contributed by atoms with Crippen molar-refractivity contribution in [1.29, 1.82) is 0 Å². The minimum Gasteiger partial charge on any atom is -0.493 e. The van der Waals surface area contributed by atoms with Crippen molar-refractivity contribution in [1.82, 2.24) is 0 Å². The SMILES string of the molecule is COC(=O)C(C)[C@@H](C[N+](=O)[O-])c1c(F)cc2c(c1F)CCO2.O=C=O. The molecule has 1 heterocycles. The number of nitrogens with zero attached hydrogens (tertiary/aromatic N) is 1. The monoisotopic (exact) mass is 359 g/mol. The molecule has 2 atom stereocenters. The third-order valence-electron chi connectivity index (χ3n) is 3.82. The normalized spacial score (nSPS) is 14.1. The van der Waals surface area contributed by atoms with Crippen molar-refractivity contribution in [2.24, 2.45) is 5.92 Å². The van der Waals surface area contributed by atoms with Crippen LogP contribution in [-0.4, -0.2) is 37.3 Å². The summed E-state index contributed by atoms with van der Waals surface area (Å²) in [4.78, 5) is 38.0. The van der Waals surface area contributed by atoms with Gasteiger partial charge in [-0.25, -0.2) is 8.78 Å². The Morgan fingerprint density at radius 1 is 1.48 bits per heavy atom. The van der Waals surface area contributed by atoms with Gasteiger partial charge in [0, 0.05) is 28.5 Å². The summed E-state index contributed by atoms with van der Waals surface area (Å²) in [7, 11) is 1.12. The lowest BCUT2D eigenvalue weighted by molar-refractivity contribution is -0.484. The molecule has 0 amide bonds. The summed E-state index contributed by atoms with van der Waals surface area (Å²) < 4.78 is 38.4. The predicted molar refractivity (Wildman–Crippen MR) is 76.3 cm³/mol. The van der Waals surface area contributed by atoms with Crippen LogP contribution in [-0.2, 0) is 25.5 Å². The van der Waals surface area contributed by atoms with Crippen LogP contribution in [0.4, 0.5) is 8.78 Å². The van der Waals surface area contributed by atoms with E-state index in [1.54, 1.807) is 0 Å². The van der Waals surface area contributed by atoms with Gasteiger partial charge in [0.2, 0.25) is 6.54 Å². The van der Waals surface area contributed by atoms with Gasteiger partial charge >= 0.3 is 12.1 Å². The van der Waals surface area contributed by atoms with Crippen molar-refractivity contribution in [3.63, 3.8) is 0 Å². The highest BCUT2D eigenvalue weighted by Gasteiger charge is 2.37. The average Bonchev–Trinajstić information content (AvgIpc) is 3.01. The molecule has 0 saturated carbocycles. The summed E-state index contributed by atoms with van der Waals surface area (Å²) in [6.07, 6.45) is 0.506. The van der Waals surface area contributed by atoms with Gasteiger partial charge in [-0.1, -0.05) is 6.92 Å². The van der Waals surface area contributed by atoms with Gasteiger partial charge in [-0.2, -0.15) is 9.59 Å². The van der Waals surface area contributed by atoms with E-state index in [1.807, 2.05) is 0 Å². The Hall–Kier alpha value is -2.87. The van der Waals surface area contributed by atoms with Gasteiger partial charge in [0.05, 0.1) is 25.6 Å². The molecule has 0 bridgehead atoms. The highest BCUT2D eigenvalue weighted by atomic mass is 19.1. The number of hydrogen-bond donors (Lipinski definition) is 0. The molecule has 0 spiro atoms. The van der Waals surface area contributed by atoms with E-state index in [-0.39, 0.29) is 30.5 Å². The average molecular weight is 359 g/mol. The third kappa shape index (κ3) is 4.57. The molecule has 8 nitrogen and oxygen atoms in total. The van der Waals surface area contributed by atoms with E-state index < -0.39 is 46.5 Å². The number of methoxy groups -OCH3 is 1.